The molecule has 0 saturated carbocycles. The van der Waals surface area contributed by atoms with E-state index in [0.717, 1.165) is 12.1 Å². The molecule has 5 nitrogen and oxygen atoms in total. The molecule has 0 aromatic heterocycles. The van der Waals surface area contributed by atoms with Crippen molar-refractivity contribution in [3.8, 4) is 0 Å². The van der Waals surface area contributed by atoms with E-state index in [4.69, 9.17) is 9.31 Å². The van der Waals surface area contributed by atoms with Crippen LogP contribution in [0, 0.1) is 11.6 Å². The van der Waals surface area contributed by atoms with Crippen LogP contribution in [-0.2, 0) is 19.3 Å². The fraction of sp³-hybridized carbons (Fsp3) is 0.667. The molecule has 0 spiro atoms. The predicted molar refractivity (Wildman–Crippen MR) is 106 cm³/mol. The van der Waals surface area contributed by atoms with Crippen molar-refractivity contribution in [2.24, 2.45) is 0 Å². The number of hydrogen-bond acceptors (Lipinski definition) is 4. The Kier molecular flexibility index (Phi) is 6.29. The highest BCUT2D eigenvalue weighted by Crippen LogP contribution is 2.37. The standard InChI is InChI=1S/C18H28BF2NO4S.H2/c1-7-9-13(8-2)27(23,24)22-15-11-12(20)10-14(16(15)21)19-25-17(3,4)18(5,6)26-19;/h10-11,13,22H,7-9H2,1-6H3;1H. The van der Waals surface area contributed by atoms with Crippen LogP contribution in [-0.4, -0.2) is 32.0 Å². The van der Waals surface area contributed by atoms with Gasteiger partial charge in [-0.25, -0.2) is 17.2 Å². The average Bonchev–Trinajstić information content (AvgIpc) is 2.75. The monoisotopic (exact) mass is 405 g/mol. The highest BCUT2D eigenvalue weighted by atomic mass is 32.2. The Morgan fingerprint density at radius 2 is 1.70 bits per heavy atom. The van der Waals surface area contributed by atoms with Gasteiger partial charge in [0.1, 0.15) is 11.6 Å². The first-order valence-corrected chi connectivity index (χ1v) is 10.8. The second kappa shape index (κ2) is 7.68. The van der Waals surface area contributed by atoms with Gasteiger partial charge in [0.25, 0.3) is 0 Å². The number of hydrogen-bond donors (Lipinski definition) is 1. The zero-order chi connectivity index (χ0) is 20.6. The van der Waals surface area contributed by atoms with Crippen molar-refractivity contribution in [2.75, 3.05) is 4.72 Å². The maximum absolute atomic E-state index is 15.0. The van der Waals surface area contributed by atoms with Crippen LogP contribution in [0.15, 0.2) is 12.1 Å². The van der Waals surface area contributed by atoms with Gasteiger partial charge < -0.3 is 9.31 Å². The van der Waals surface area contributed by atoms with E-state index < -0.39 is 50.9 Å². The molecule has 1 heterocycles. The lowest BCUT2D eigenvalue weighted by atomic mass is 9.78. The summed E-state index contributed by atoms with van der Waals surface area (Å²) in [5, 5.41) is -0.675. The van der Waals surface area contributed by atoms with Crippen LogP contribution in [0.3, 0.4) is 0 Å². The van der Waals surface area contributed by atoms with Crippen molar-refractivity contribution < 1.29 is 27.9 Å². The molecule has 0 bridgehead atoms. The summed E-state index contributed by atoms with van der Waals surface area (Å²) in [6.45, 7) is 10.8. The predicted octanol–water partition coefficient (Wildman–Crippen LogP) is 3.83. The summed E-state index contributed by atoms with van der Waals surface area (Å²) in [7, 11) is -4.98. The molecule has 1 aromatic carbocycles. The van der Waals surface area contributed by atoms with Crippen LogP contribution in [0.1, 0.15) is 62.2 Å². The quantitative estimate of drug-likeness (QED) is 0.701. The molecule has 2 rings (SSSR count). The van der Waals surface area contributed by atoms with Crippen LogP contribution in [0.25, 0.3) is 0 Å². The molecule has 1 saturated heterocycles. The van der Waals surface area contributed by atoms with Crippen molar-refractivity contribution in [1.29, 1.82) is 0 Å². The van der Waals surface area contributed by atoms with Crippen molar-refractivity contribution in [3.05, 3.63) is 23.8 Å². The van der Waals surface area contributed by atoms with Crippen LogP contribution in [0.5, 0.6) is 0 Å². The van der Waals surface area contributed by atoms with Crippen LogP contribution in [0.2, 0.25) is 0 Å². The maximum atomic E-state index is 15.0. The normalized spacial score (nSPS) is 19.9. The summed E-state index contributed by atoms with van der Waals surface area (Å²) >= 11 is 0. The van der Waals surface area contributed by atoms with Gasteiger partial charge in [-0.3, -0.25) is 4.72 Å². The maximum Gasteiger partial charge on any atom is 0.498 e. The summed E-state index contributed by atoms with van der Waals surface area (Å²) in [4.78, 5) is 0. The number of anilines is 1. The average molecular weight is 405 g/mol. The zero-order valence-electron chi connectivity index (χ0n) is 16.7. The number of sulfonamides is 1. The van der Waals surface area contributed by atoms with Gasteiger partial charge in [-0.15, -0.1) is 0 Å². The highest BCUT2D eigenvalue weighted by Gasteiger charge is 2.52. The summed E-state index contributed by atoms with van der Waals surface area (Å²) in [5.41, 5.74) is -2.07. The Hall–Kier alpha value is -1.19. The minimum atomic E-state index is -3.85. The summed E-state index contributed by atoms with van der Waals surface area (Å²) in [6.07, 6.45) is 1.49. The van der Waals surface area contributed by atoms with E-state index in [1.165, 1.54) is 0 Å². The van der Waals surface area contributed by atoms with Gasteiger partial charge in [0.2, 0.25) is 10.0 Å². The van der Waals surface area contributed by atoms with Crippen LogP contribution < -0.4 is 10.2 Å². The third-order valence-corrected chi connectivity index (χ3v) is 7.28. The first kappa shape index (κ1) is 22.1. The van der Waals surface area contributed by atoms with Crippen LogP contribution >= 0.6 is 0 Å². The molecule has 1 aliphatic heterocycles. The summed E-state index contributed by atoms with van der Waals surface area (Å²) < 4.78 is 68.1. The van der Waals surface area contributed by atoms with Crippen molar-refractivity contribution >= 4 is 28.3 Å². The van der Waals surface area contributed by atoms with Gasteiger partial charge in [0.05, 0.1) is 22.1 Å². The zero-order valence-corrected chi connectivity index (χ0v) is 17.5. The fourth-order valence-corrected chi connectivity index (χ4v) is 4.57. The van der Waals surface area contributed by atoms with E-state index in [-0.39, 0.29) is 6.89 Å². The van der Waals surface area contributed by atoms with Crippen molar-refractivity contribution in [2.45, 2.75) is 77.3 Å². The first-order valence-electron chi connectivity index (χ1n) is 9.20. The van der Waals surface area contributed by atoms with Crippen LogP contribution in [0.4, 0.5) is 14.5 Å². The van der Waals surface area contributed by atoms with E-state index >= 15 is 4.39 Å². The van der Waals surface area contributed by atoms with Gasteiger partial charge in [-0.1, -0.05) is 20.3 Å². The van der Waals surface area contributed by atoms with E-state index in [1.807, 2.05) is 6.92 Å². The van der Waals surface area contributed by atoms with E-state index in [9.17, 15) is 12.8 Å². The number of benzene rings is 1. The fourth-order valence-electron chi connectivity index (χ4n) is 2.96. The van der Waals surface area contributed by atoms with Gasteiger partial charge >= 0.3 is 7.12 Å². The van der Waals surface area contributed by atoms with E-state index in [0.29, 0.717) is 19.3 Å². The second-order valence-corrected chi connectivity index (χ2v) is 9.87. The number of halogens is 2. The molecule has 1 atom stereocenters. The Morgan fingerprint density at radius 1 is 1.15 bits per heavy atom. The van der Waals surface area contributed by atoms with E-state index in [1.54, 1.807) is 34.6 Å². The van der Waals surface area contributed by atoms with Gasteiger partial charge in [0.15, 0.2) is 0 Å². The third-order valence-electron chi connectivity index (χ3n) is 5.33. The molecule has 1 aromatic rings. The summed E-state index contributed by atoms with van der Waals surface area (Å²) in [6, 6.07) is 1.80. The largest absolute Gasteiger partial charge is 0.498 e. The minimum absolute atomic E-state index is 0. The number of nitrogens with one attached hydrogen (secondary N) is 1. The molecule has 0 amide bonds. The smallest absolute Gasteiger partial charge is 0.399 e. The van der Waals surface area contributed by atoms with Crippen molar-refractivity contribution in [1.82, 2.24) is 0 Å². The highest BCUT2D eigenvalue weighted by molar-refractivity contribution is 7.93. The summed E-state index contributed by atoms with van der Waals surface area (Å²) in [5.74, 6) is -1.67. The Bertz CT molecular complexity index is 789. The molecular weight excluding hydrogens is 375 g/mol. The molecule has 1 unspecified atom stereocenters. The minimum Gasteiger partial charge on any atom is -0.399 e. The molecule has 0 aliphatic carbocycles. The lowest BCUT2D eigenvalue weighted by Crippen LogP contribution is -2.41. The third kappa shape index (κ3) is 4.46. The molecular formula is C18H30BF2NO4S. The SMILES string of the molecule is CCCC(CC)S(=O)(=O)Nc1cc(F)cc(B2OC(C)(C)C(C)(C)O2)c1F.[HH]. The first-order chi connectivity index (χ1) is 12.3. The molecule has 1 aliphatic rings. The molecule has 0 radical (unpaired) electrons. The molecule has 1 fully saturated rings. The molecule has 154 valence electrons. The Balaban J connectivity index is 0.00000392. The Morgan fingerprint density at radius 3 is 2.19 bits per heavy atom. The van der Waals surface area contributed by atoms with Gasteiger partial charge in [-0.05, 0) is 46.6 Å². The van der Waals surface area contributed by atoms with Gasteiger partial charge in [0, 0.05) is 13.0 Å². The lowest BCUT2D eigenvalue weighted by molar-refractivity contribution is 0.00578. The topological polar surface area (TPSA) is 64.6 Å². The molecule has 27 heavy (non-hydrogen) atoms. The molecule has 9 heteroatoms. The molecule has 1 N–H and O–H groups in total. The second-order valence-electron chi connectivity index (χ2n) is 7.91. The Labute approximate surface area is 162 Å². The van der Waals surface area contributed by atoms with E-state index in [2.05, 4.69) is 4.72 Å². The van der Waals surface area contributed by atoms with Gasteiger partial charge in [-0.2, -0.15) is 0 Å². The number of rotatable bonds is 7. The lowest BCUT2D eigenvalue weighted by Gasteiger charge is -2.32. The van der Waals surface area contributed by atoms with Crippen molar-refractivity contribution in [3.63, 3.8) is 0 Å².